The van der Waals surface area contributed by atoms with Crippen LogP contribution in [0.25, 0.3) is 0 Å². The first-order chi connectivity index (χ1) is 12.4. The van der Waals surface area contributed by atoms with Crippen LogP contribution in [0.3, 0.4) is 0 Å². The lowest BCUT2D eigenvalue weighted by molar-refractivity contribution is 0.0451. The molecule has 27 heavy (non-hydrogen) atoms. The van der Waals surface area contributed by atoms with E-state index in [-0.39, 0.29) is 28.2 Å². The second-order valence-electron chi connectivity index (χ2n) is 9.48. The van der Waals surface area contributed by atoms with Crippen molar-refractivity contribution < 1.29 is 4.79 Å². The summed E-state index contributed by atoms with van der Waals surface area (Å²) in [6.45, 7) is 14.2. The molecule has 3 heterocycles. The SMILES string of the molecule is CC(C)(C)c1ccc(=O)n(CC2CN(C(=O)c3cc(C(C)(C)C)[nH]n3)C2)n1. The van der Waals surface area contributed by atoms with Crippen LogP contribution in [0.5, 0.6) is 0 Å². The molecule has 1 fully saturated rings. The van der Waals surface area contributed by atoms with Crippen molar-refractivity contribution in [3.63, 3.8) is 0 Å². The van der Waals surface area contributed by atoms with Gasteiger partial charge in [0.1, 0.15) is 5.69 Å². The lowest BCUT2D eigenvalue weighted by atomic mass is 9.92. The van der Waals surface area contributed by atoms with Crippen molar-refractivity contribution in [2.75, 3.05) is 13.1 Å². The lowest BCUT2D eigenvalue weighted by Gasteiger charge is -2.38. The first-order valence-corrected chi connectivity index (χ1v) is 9.39. The second-order valence-corrected chi connectivity index (χ2v) is 9.48. The minimum atomic E-state index is -0.109. The summed E-state index contributed by atoms with van der Waals surface area (Å²) < 4.78 is 1.53. The van der Waals surface area contributed by atoms with E-state index >= 15 is 0 Å². The molecule has 0 atom stereocenters. The molecule has 1 aliphatic rings. The first-order valence-electron chi connectivity index (χ1n) is 9.39. The Bertz CT molecular complexity index is 892. The Kier molecular flexibility index (Phi) is 4.74. The highest BCUT2D eigenvalue weighted by molar-refractivity contribution is 5.93. The monoisotopic (exact) mass is 371 g/mol. The fourth-order valence-electron chi connectivity index (χ4n) is 3.05. The second kappa shape index (κ2) is 6.62. The summed E-state index contributed by atoms with van der Waals surface area (Å²) >= 11 is 0. The minimum Gasteiger partial charge on any atom is -0.336 e. The van der Waals surface area contributed by atoms with Crippen LogP contribution in [0.2, 0.25) is 0 Å². The number of hydrogen-bond acceptors (Lipinski definition) is 4. The molecule has 1 aliphatic heterocycles. The highest BCUT2D eigenvalue weighted by atomic mass is 16.2. The van der Waals surface area contributed by atoms with Crippen molar-refractivity contribution in [2.24, 2.45) is 5.92 Å². The summed E-state index contributed by atoms with van der Waals surface area (Å²) in [5.74, 6) is 0.164. The molecule has 0 radical (unpaired) electrons. The van der Waals surface area contributed by atoms with Crippen molar-refractivity contribution >= 4 is 5.91 Å². The fraction of sp³-hybridized carbons (Fsp3) is 0.600. The van der Waals surface area contributed by atoms with Gasteiger partial charge in [-0.3, -0.25) is 14.7 Å². The molecule has 0 spiro atoms. The fourth-order valence-corrected chi connectivity index (χ4v) is 3.05. The number of hydrogen-bond donors (Lipinski definition) is 1. The molecule has 0 aliphatic carbocycles. The number of rotatable bonds is 3. The Hall–Kier alpha value is -2.44. The summed E-state index contributed by atoms with van der Waals surface area (Å²) in [7, 11) is 0. The third-order valence-electron chi connectivity index (χ3n) is 4.92. The summed E-state index contributed by atoms with van der Waals surface area (Å²) in [6.07, 6.45) is 0. The van der Waals surface area contributed by atoms with Gasteiger partial charge in [0.25, 0.3) is 11.5 Å². The summed E-state index contributed by atoms with van der Waals surface area (Å²) in [4.78, 5) is 26.5. The van der Waals surface area contributed by atoms with Crippen LogP contribution in [0.1, 0.15) is 63.4 Å². The van der Waals surface area contributed by atoms with Crippen molar-refractivity contribution in [3.8, 4) is 0 Å². The number of amides is 1. The van der Waals surface area contributed by atoms with E-state index < -0.39 is 0 Å². The van der Waals surface area contributed by atoms with E-state index in [0.717, 1.165) is 11.4 Å². The van der Waals surface area contributed by atoms with E-state index in [4.69, 9.17) is 0 Å². The van der Waals surface area contributed by atoms with Crippen LogP contribution in [0.15, 0.2) is 23.0 Å². The summed E-state index contributed by atoms with van der Waals surface area (Å²) in [6, 6.07) is 5.20. The van der Waals surface area contributed by atoms with Crippen LogP contribution in [-0.4, -0.2) is 43.9 Å². The molecule has 2 aromatic rings. The summed E-state index contributed by atoms with van der Waals surface area (Å²) in [5.41, 5.74) is 1.99. The standard InChI is InChI=1S/C20H29N5O2/c1-19(2,3)15-7-8-17(26)25(23-15)12-13-10-24(11-13)18(27)14-9-16(22-21-14)20(4,5)6/h7-9,13H,10-12H2,1-6H3,(H,21,22). The van der Waals surface area contributed by atoms with E-state index in [9.17, 15) is 9.59 Å². The third kappa shape index (κ3) is 4.12. The van der Waals surface area contributed by atoms with Crippen molar-refractivity contribution in [1.82, 2.24) is 24.9 Å². The zero-order valence-electron chi connectivity index (χ0n) is 17.0. The topological polar surface area (TPSA) is 83.9 Å². The number of likely N-dealkylation sites (tertiary alicyclic amines) is 1. The largest absolute Gasteiger partial charge is 0.336 e. The number of nitrogens with zero attached hydrogens (tertiary/aromatic N) is 4. The Morgan fingerprint density at radius 2 is 1.81 bits per heavy atom. The highest BCUT2D eigenvalue weighted by Gasteiger charge is 2.33. The van der Waals surface area contributed by atoms with Gasteiger partial charge in [-0.25, -0.2) is 4.68 Å². The number of aromatic amines is 1. The van der Waals surface area contributed by atoms with Gasteiger partial charge in [0, 0.05) is 41.6 Å². The maximum Gasteiger partial charge on any atom is 0.274 e. The minimum absolute atomic E-state index is 0.0678. The molecule has 1 amide bonds. The number of nitrogens with one attached hydrogen (secondary N) is 1. The van der Waals surface area contributed by atoms with Crippen molar-refractivity contribution in [1.29, 1.82) is 0 Å². The number of aromatic nitrogens is 4. The molecule has 146 valence electrons. The quantitative estimate of drug-likeness (QED) is 0.897. The van der Waals surface area contributed by atoms with Gasteiger partial charge < -0.3 is 4.90 Å². The van der Waals surface area contributed by atoms with Gasteiger partial charge in [0.15, 0.2) is 0 Å². The molecule has 7 nitrogen and oxygen atoms in total. The lowest BCUT2D eigenvalue weighted by Crippen LogP contribution is -2.52. The van der Waals surface area contributed by atoms with E-state index in [1.807, 2.05) is 6.07 Å². The van der Waals surface area contributed by atoms with Crippen LogP contribution < -0.4 is 5.56 Å². The molecule has 1 saturated heterocycles. The van der Waals surface area contributed by atoms with E-state index in [1.165, 1.54) is 4.68 Å². The van der Waals surface area contributed by atoms with Crippen molar-refractivity contribution in [3.05, 3.63) is 45.6 Å². The average molecular weight is 371 g/mol. The normalized spacial score (nSPS) is 15.7. The number of carbonyl (C=O) groups is 1. The molecular formula is C20H29N5O2. The first kappa shape index (κ1) is 19.3. The molecule has 0 unspecified atom stereocenters. The number of H-pyrrole nitrogens is 1. The predicted molar refractivity (Wildman–Crippen MR) is 104 cm³/mol. The third-order valence-corrected chi connectivity index (χ3v) is 4.92. The Morgan fingerprint density at radius 1 is 1.15 bits per heavy atom. The van der Waals surface area contributed by atoms with Crippen LogP contribution in [0, 0.1) is 5.92 Å². The molecule has 0 saturated carbocycles. The predicted octanol–water partition coefficient (Wildman–Crippen LogP) is 2.33. The smallest absolute Gasteiger partial charge is 0.274 e. The molecule has 3 rings (SSSR count). The van der Waals surface area contributed by atoms with E-state index in [1.54, 1.807) is 17.0 Å². The van der Waals surface area contributed by atoms with Crippen LogP contribution in [0.4, 0.5) is 0 Å². The van der Waals surface area contributed by atoms with Gasteiger partial charge in [0.05, 0.1) is 12.2 Å². The van der Waals surface area contributed by atoms with E-state index in [0.29, 0.717) is 25.3 Å². The molecule has 2 aromatic heterocycles. The maximum absolute atomic E-state index is 12.6. The molecule has 0 bridgehead atoms. The number of carbonyl (C=O) groups excluding carboxylic acids is 1. The van der Waals surface area contributed by atoms with Gasteiger partial charge in [0.2, 0.25) is 0 Å². The maximum atomic E-state index is 12.6. The molecular weight excluding hydrogens is 342 g/mol. The van der Waals surface area contributed by atoms with Gasteiger partial charge in [-0.2, -0.15) is 10.2 Å². The Morgan fingerprint density at radius 3 is 2.37 bits per heavy atom. The van der Waals surface area contributed by atoms with Crippen LogP contribution >= 0.6 is 0 Å². The zero-order valence-corrected chi connectivity index (χ0v) is 17.0. The van der Waals surface area contributed by atoms with Gasteiger partial charge in [-0.1, -0.05) is 41.5 Å². The van der Waals surface area contributed by atoms with Gasteiger partial charge in [-0.15, -0.1) is 0 Å². The van der Waals surface area contributed by atoms with Gasteiger partial charge >= 0.3 is 0 Å². The van der Waals surface area contributed by atoms with E-state index in [2.05, 4.69) is 56.8 Å². The van der Waals surface area contributed by atoms with Crippen molar-refractivity contribution in [2.45, 2.75) is 58.9 Å². The van der Waals surface area contributed by atoms with Gasteiger partial charge in [-0.05, 0) is 12.1 Å². The molecule has 0 aromatic carbocycles. The highest BCUT2D eigenvalue weighted by Crippen LogP contribution is 2.24. The van der Waals surface area contributed by atoms with Crippen LogP contribution in [-0.2, 0) is 17.4 Å². The average Bonchev–Trinajstić information content (AvgIpc) is 3.00. The summed E-state index contributed by atoms with van der Waals surface area (Å²) in [5, 5.41) is 11.6. The zero-order chi connectivity index (χ0) is 20.0. The Labute approximate surface area is 159 Å². The molecule has 7 heteroatoms. The Balaban J connectivity index is 1.63. The molecule has 1 N–H and O–H groups in total.